The van der Waals surface area contributed by atoms with E-state index >= 15 is 0 Å². The van der Waals surface area contributed by atoms with Crippen LogP contribution in [0.4, 0.5) is 11.4 Å². The molecule has 3 aromatic carbocycles. The van der Waals surface area contributed by atoms with Gasteiger partial charge in [0.1, 0.15) is 28.6 Å². The summed E-state index contributed by atoms with van der Waals surface area (Å²) in [5, 5.41) is 5.70. The summed E-state index contributed by atoms with van der Waals surface area (Å²) in [7, 11) is 6.09. The number of hydrogen-bond acceptors (Lipinski definition) is 7. The molecule has 2 N–H and O–H groups in total. The van der Waals surface area contributed by atoms with Gasteiger partial charge in [0.05, 0.1) is 34.2 Å². The predicted octanol–water partition coefficient (Wildman–Crippen LogP) is 4.70. The van der Waals surface area contributed by atoms with Gasteiger partial charge in [0.25, 0.3) is 5.91 Å². The Morgan fingerprint density at radius 3 is 1.94 bits per heavy atom. The quantitative estimate of drug-likeness (QED) is 0.404. The number of nitrogens with one attached hydrogen (secondary N) is 2. The second kappa shape index (κ2) is 11.9. The molecule has 0 aliphatic carbocycles. The summed E-state index contributed by atoms with van der Waals surface area (Å²) < 4.78 is 21.1. The molecule has 0 radical (unpaired) electrons. The molecule has 0 aliphatic rings. The zero-order chi connectivity index (χ0) is 24.5. The number of thioether (sulfide) groups is 1. The van der Waals surface area contributed by atoms with E-state index in [2.05, 4.69) is 10.6 Å². The van der Waals surface area contributed by atoms with Gasteiger partial charge in [-0.2, -0.15) is 0 Å². The maximum atomic E-state index is 12.9. The van der Waals surface area contributed by atoms with E-state index in [9.17, 15) is 9.59 Å². The second-order valence-corrected chi connectivity index (χ2v) is 8.01. The molecule has 0 saturated carbocycles. The first-order valence-corrected chi connectivity index (χ1v) is 11.2. The molecule has 3 rings (SSSR count). The van der Waals surface area contributed by atoms with Crippen LogP contribution in [0.1, 0.15) is 10.4 Å². The average molecular weight is 483 g/mol. The minimum atomic E-state index is -0.360. The number of amides is 2. The minimum Gasteiger partial charge on any atom is -0.497 e. The summed E-state index contributed by atoms with van der Waals surface area (Å²) in [6.07, 6.45) is 0. The number of carbonyl (C=O) groups excluding carboxylic acids is 2. The van der Waals surface area contributed by atoms with Crippen LogP contribution in [0.2, 0.25) is 0 Å². The summed E-state index contributed by atoms with van der Waals surface area (Å²) in [5.74, 6) is 1.61. The van der Waals surface area contributed by atoms with Crippen molar-refractivity contribution in [2.24, 2.45) is 0 Å². The molecule has 0 heterocycles. The Balaban J connectivity index is 1.64. The summed E-state index contributed by atoms with van der Waals surface area (Å²) in [4.78, 5) is 26.2. The molecule has 9 heteroatoms. The Hall–Kier alpha value is -3.85. The highest BCUT2D eigenvalue weighted by molar-refractivity contribution is 8.00. The maximum absolute atomic E-state index is 12.9. The van der Waals surface area contributed by atoms with Gasteiger partial charge in [-0.05, 0) is 30.3 Å². The third-order valence-electron chi connectivity index (χ3n) is 4.75. The molecule has 0 spiro atoms. The van der Waals surface area contributed by atoms with E-state index < -0.39 is 0 Å². The largest absolute Gasteiger partial charge is 0.497 e. The van der Waals surface area contributed by atoms with Gasteiger partial charge in [-0.1, -0.05) is 12.1 Å². The molecule has 0 atom stereocenters. The van der Waals surface area contributed by atoms with Crippen LogP contribution in [0.3, 0.4) is 0 Å². The summed E-state index contributed by atoms with van der Waals surface area (Å²) >= 11 is 1.34. The molecule has 0 bridgehead atoms. The zero-order valence-corrected chi connectivity index (χ0v) is 20.2. The number of anilines is 2. The lowest BCUT2D eigenvalue weighted by molar-refractivity contribution is -0.113. The van der Waals surface area contributed by atoms with Gasteiger partial charge in [-0.25, -0.2) is 0 Å². The van der Waals surface area contributed by atoms with Gasteiger partial charge in [0, 0.05) is 34.5 Å². The van der Waals surface area contributed by atoms with Crippen molar-refractivity contribution in [3.05, 3.63) is 66.2 Å². The standard InChI is InChI=1S/C25H26N2O6S/c1-30-18-11-17(12-19(14-18)31-2)26-23(28)15-34-20-8-5-7-16(13-20)27-25(29)24-21(32-3)9-6-10-22(24)33-4/h5-14H,15H2,1-4H3,(H,26,28)(H,27,29). The van der Waals surface area contributed by atoms with Crippen LogP contribution in [0.5, 0.6) is 23.0 Å². The van der Waals surface area contributed by atoms with Crippen LogP contribution >= 0.6 is 11.8 Å². The highest BCUT2D eigenvalue weighted by Gasteiger charge is 2.18. The topological polar surface area (TPSA) is 95.1 Å². The molecule has 0 fully saturated rings. The van der Waals surface area contributed by atoms with Gasteiger partial charge in [0.2, 0.25) is 5.91 Å². The molecule has 2 amide bonds. The SMILES string of the molecule is COc1cc(NC(=O)CSc2cccc(NC(=O)c3c(OC)cccc3OC)c2)cc(OC)c1. The summed E-state index contributed by atoms with van der Waals surface area (Å²) in [5.41, 5.74) is 1.47. The van der Waals surface area contributed by atoms with Gasteiger partial charge in [-0.15, -0.1) is 11.8 Å². The Bertz CT molecular complexity index is 1120. The van der Waals surface area contributed by atoms with Crippen LogP contribution < -0.4 is 29.6 Å². The van der Waals surface area contributed by atoms with Gasteiger partial charge < -0.3 is 29.6 Å². The number of benzene rings is 3. The van der Waals surface area contributed by atoms with E-state index in [1.54, 1.807) is 62.8 Å². The molecule has 0 aliphatic heterocycles. The Labute approximate surface area is 202 Å². The number of carbonyl (C=O) groups is 2. The summed E-state index contributed by atoms with van der Waals surface area (Å²) in [6.45, 7) is 0. The van der Waals surface area contributed by atoms with Crippen molar-refractivity contribution in [1.29, 1.82) is 0 Å². The number of hydrogen-bond donors (Lipinski definition) is 2. The van der Waals surface area contributed by atoms with E-state index in [1.807, 2.05) is 12.1 Å². The number of ether oxygens (including phenoxy) is 4. The highest BCUT2D eigenvalue weighted by atomic mass is 32.2. The molecular formula is C25H26N2O6S. The monoisotopic (exact) mass is 482 g/mol. The van der Waals surface area contributed by atoms with Crippen molar-refractivity contribution in [3.63, 3.8) is 0 Å². The molecule has 0 saturated heterocycles. The van der Waals surface area contributed by atoms with Gasteiger partial charge in [0.15, 0.2) is 0 Å². The van der Waals surface area contributed by atoms with Crippen molar-refractivity contribution >= 4 is 35.0 Å². The lowest BCUT2D eigenvalue weighted by Gasteiger charge is -2.13. The molecule has 0 aromatic heterocycles. The van der Waals surface area contributed by atoms with Gasteiger partial charge in [-0.3, -0.25) is 9.59 Å². The van der Waals surface area contributed by atoms with E-state index in [0.717, 1.165) is 4.90 Å². The first-order chi connectivity index (χ1) is 16.5. The highest BCUT2D eigenvalue weighted by Crippen LogP contribution is 2.30. The number of rotatable bonds is 10. The lowest BCUT2D eigenvalue weighted by Crippen LogP contribution is -2.15. The van der Waals surface area contributed by atoms with Crippen LogP contribution in [0.15, 0.2) is 65.6 Å². The van der Waals surface area contributed by atoms with Crippen LogP contribution in [0.25, 0.3) is 0 Å². The fourth-order valence-corrected chi connectivity index (χ4v) is 3.91. The fourth-order valence-electron chi connectivity index (χ4n) is 3.16. The molecule has 34 heavy (non-hydrogen) atoms. The Kier molecular flexibility index (Phi) is 8.64. The first kappa shape index (κ1) is 24.8. The van der Waals surface area contributed by atoms with E-state index in [1.165, 1.54) is 26.0 Å². The van der Waals surface area contributed by atoms with Crippen molar-refractivity contribution in [3.8, 4) is 23.0 Å². The second-order valence-electron chi connectivity index (χ2n) is 6.96. The molecule has 8 nitrogen and oxygen atoms in total. The Morgan fingerprint density at radius 1 is 0.735 bits per heavy atom. The van der Waals surface area contributed by atoms with Crippen molar-refractivity contribution in [2.75, 3.05) is 44.8 Å². The van der Waals surface area contributed by atoms with E-state index in [0.29, 0.717) is 39.9 Å². The third-order valence-corrected chi connectivity index (χ3v) is 5.75. The number of methoxy groups -OCH3 is 4. The maximum Gasteiger partial charge on any atom is 0.263 e. The van der Waals surface area contributed by atoms with E-state index in [-0.39, 0.29) is 17.6 Å². The van der Waals surface area contributed by atoms with E-state index in [4.69, 9.17) is 18.9 Å². The van der Waals surface area contributed by atoms with Crippen molar-refractivity contribution in [2.45, 2.75) is 4.90 Å². The normalized spacial score (nSPS) is 10.2. The first-order valence-electron chi connectivity index (χ1n) is 10.3. The lowest BCUT2D eigenvalue weighted by atomic mass is 10.1. The molecule has 3 aromatic rings. The van der Waals surface area contributed by atoms with Gasteiger partial charge >= 0.3 is 0 Å². The molecule has 178 valence electrons. The smallest absolute Gasteiger partial charge is 0.263 e. The zero-order valence-electron chi connectivity index (χ0n) is 19.3. The summed E-state index contributed by atoms with van der Waals surface area (Å²) in [6, 6.07) is 17.5. The van der Waals surface area contributed by atoms with Crippen LogP contribution in [0, 0.1) is 0 Å². The van der Waals surface area contributed by atoms with Crippen molar-refractivity contribution in [1.82, 2.24) is 0 Å². The molecular weight excluding hydrogens is 456 g/mol. The predicted molar refractivity (Wildman–Crippen MR) is 133 cm³/mol. The van der Waals surface area contributed by atoms with Crippen LogP contribution in [-0.2, 0) is 4.79 Å². The van der Waals surface area contributed by atoms with Crippen molar-refractivity contribution < 1.29 is 28.5 Å². The fraction of sp³-hybridized carbons (Fsp3) is 0.200. The minimum absolute atomic E-state index is 0.178. The molecule has 0 unspecified atom stereocenters. The van der Waals surface area contributed by atoms with Crippen LogP contribution in [-0.4, -0.2) is 46.0 Å². The average Bonchev–Trinajstić information content (AvgIpc) is 2.86. The third kappa shape index (κ3) is 6.35. The Morgan fingerprint density at radius 2 is 1.35 bits per heavy atom.